The van der Waals surface area contributed by atoms with Gasteiger partial charge in [0, 0.05) is 0 Å². The Morgan fingerprint density at radius 2 is 0.931 bits per heavy atom. The van der Waals surface area contributed by atoms with E-state index in [1.54, 1.807) is 0 Å². The second-order valence-corrected chi connectivity index (χ2v) is 6.67. The average molecular weight is 402 g/mol. The van der Waals surface area contributed by atoms with Gasteiger partial charge < -0.3 is 28.4 Å². The largest absolute Gasteiger partial charge is 0.487 e. The fourth-order valence-electron chi connectivity index (χ4n) is 2.85. The van der Waals surface area contributed by atoms with Gasteiger partial charge >= 0.3 is 0 Å². The van der Waals surface area contributed by atoms with E-state index in [-0.39, 0.29) is 0 Å². The van der Waals surface area contributed by atoms with Gasteiger partial charge in [-0.3, -0.25) is 0 Å². The molecule has 6 nitrogen and oxygen atoms in total. The summed E-state index contributed by atoms with van der Waals surface area (Å²) in [6.45, 7) is 7.18. The molecule has 0 bridgehead atoms. The lowest BCUT2D eigenvalue weighted by atomic mass is 10.0. The third-order valence-corrected chi connectivity index (χ3v) is 4.42. The van der Waals surface area contributed by atoms with Crippen LogP contribution in [0.3, 0.4) is 0 Å². The lowest BCUT2D eigenvalue weighted by Crippen LogP contribution is -2.16. The van der Waals surface area contributed by atoms with E-state index in [4.69, 9.17) is 28.4 Å². The molecule has 0 N–H and O–H groups in total. The monoisotopic (exact) mass is 402 g/mol. The van der Waals surface area contributed by atoms with Crippen molar-refractivity contribution in [3.63, 3.8) is 0 Å². The van der Waals surface area contributed by atoms with E-state index in [1.807, 2.05) is 18.2 Å². The number of aryl methyl sites for hydroxylation is 1. The molecule has 1 heterocycles. The molecular weight excluding hydrogens is 372 g/mol. The average Bonchev–Trinajstić information content (AvgIpc) is 2.74. The topological polar surface area (TPSA) is 55.4 Å². The lowest BCUT2D eigenvalue weighted by molar-refractivity contribution is -0.00841. The van der Waals surface area contributed by atoms with Gasteiger partial charge in [-0.05, 0) is 30.2 Å². The maximum Gasteiger partial charge on any atom is 0.161 e. The van der Waals surface area contributed by atoms with Crippen molar-refractivity contribution < 1.29 is 28.4 Å². The number of hydrogen-bond acceptors (Lipinski definition) is 6. The predicted molar refractivity (Wildman–Crippen MR) is 111 cm³/mol. The molecule has 0 atom stereocenters. The number of fused-ring (bicyclic) bond motifs is 1. The van der Waals surface area contributed by atoms with Crippen molar-refractivity contribution in [1.82, 2.24) is 0 Å². The maximum atomic E-state index is 5.97. The van der Waals surface area contributed by atoms with Gasteiger partial charge in [0.15, 0.2) is 11.5 Å². The van der Waals surface area contributed by atoms with Crippen LogP contribution >= 0.6 is 0 Å². The van der Waals surface area contributed by atoms with E-state index in [9.17, 15) is 0 Å². The molecule has 6 heteroatoms. The number of hydrogen-bond donors (Lipinski definition) is 0. The fourth-order valence-corrected chi connectivity index (χ4v) is 2.85. The molecular formula is C23H30O6. The molecule has 0 amide bonds. The molecule has 2 aromatic carbocycles. The molecule has 0 aromatic heterocycles. The molecule has 0 unspecified atom stereocenters. The molecule has 0 aliphatic carbocycles. The zero-order valence-corrected chi connectivity index (χ0v) is 17.1. The van der Waals surface area contributed by atoms with E-state index in [2.05, 4.69) is 31.2 Å². The third kappa shape index (κ3) is 7.66. The maximum absolute atomic E-state index is 5.97. The smallest absolute Gasteiger partial charge is 0.161 e. The second-order valence-electron chi connectivity index (χ2n) is 6.67. The van der Waals surface area contributed by atoms with E-state index in [0.29, 0.717) is 77.6 Å². The highest BCUT2D eigenvalue weighted by Gasteiger charge is 2.09. The summed E-state index contributed by atoms with van der Waals surface area (Å²) in [4.78, 5) is 0. The number of ether oxygens (including phenoxy) is 6. The lowest BCUT2D eigenvalue weighted by Gasteiger charge is -2.15. The molecule has 1 aliphatic rings. The summed E-state index contributed by atoms with van der Waals surface area (Å²) in [6.07, 6.45) is 0. The van der Waals surface area contributed by atoms with Crippen LogP contribution in [0.15, 0.2) is 42.5 Å². The van der Waals surface area contributed by atoms with Crippen LogP contribution in [0.5, 0.6) is 11.5 Å². The highest BCUT2D eigenvalue weighted by atomic mass is 16.6. The molecule has 0 fully saturated rings. The Morgan fingerprint density at radius 1 is 0.483 bits per heavy atom. The first-order valence-electron chi connectivity index (χ1n) is 10.1. The Hall–Kier alpha value is -2.12. The predicted octanol–water partition coefficient (Wildman–Crippen LogP) is 3.50. The normalized spacial score (nSPS) is 17.8. The van der Waals surface area contributed by atoms with E-state index < -0.39 is 0 Å². The SMILES string of the molecule is Cc1ccc(-c2ccc3c(c2)OCCOCCOCCOCCOCCO3)cc1. The summed E-state index contributed by atoms with van der Waals surface area (Å²) in [7, 11) is 0. The molecule has 29 heavy (non-hydrogen) atoms. The van der Waals surface area contributed by atoms with Crippen LogP contribution in [0.1, 0.15) is 5.56 Å². The molecule has 0 radical (unpaired) electrons. The van der Waals surface area contributed by atoms with Crippen LogP contribution in [-0.2, 0) is 18.9 Å². The van der Waals surface area contributed by atoms with Crippen molar-refractivity contribution in [3.05, 3.63) is 48.0 Å². The Labute approximate surface area is 172 Å². The van der Waals surface area contributed by atoms with Crippen LogP contribution in [-0.4, -0.2) is 66.1 Å². The van der Waals surface area contributed by atoms with Crippen LogP contribution < -0.4 is 9.47 Å². The Kier molecular flexibility index (Phi) is 9.26. The van der Waals surface area contributed by atoms with Crippen LogP contribution in [0.4, 0.5) is 0 Å². The van der Waals surface area contributed by atoms with Crippen LogP contribution in [0.2, 0.25) is 0 Å². The molecule has 1 aliphatic heterocycles. The Morgan fingerprint density at radius 3 is 1.48 bits per heavy atom. The van der Waals surface area contributed by atoms with Crippen LogP contribution in [0, 0.1) is 6.92 Å². The Bertz CT molecular complexity index is 716. The summed E-state index contributed by atoms with van der Waals surface area (Å²) < 4.78 is 33.9. The first-order chi connectivity index (χ1) is 14.3. The minimum Gasteiger partial charge on any atom is -0.487 e. The van der Waals surface area contributed by atoms with Crippen molar-refractivity contribution in [2.75, 3.05) is 66.1 Å². The zero-order chi connectivity index (χ0) is 20.2. The number of benzene rings is 2. The molecule has 0 spiro atoms. The van der Waals surface area contributed by atoms with Gasteiger partial charge in [0.1, 0.15) is 13.2 Å². The summed E-state index contributed by atoms with van der Waals surface area (Å²) in [5, 5.41) is 0. The van der Waals surface area contributed by atoms with E-state index in [0.717, 1.165) is 11.1 Å². The van der Waals surface area contributed by atoms with E-state index >= 15 is 0 Å². The van der Waals surface area contributed by atoms with Gasteiger partial charge in [0.2, 0.25) is 0 Å². The molecule has 0 saturated heterocycles. The zero-order valence-electron chi connectivity index (χ0n) is 17.1. The highest BCUT2D eigenvalue weighted by molar-refractivity contribution is 5.67. The van der Waals surface area contributed by atoms with Crippen molar-refractivity contribution in [2.24, 2.45) is 0 Å². The van der Waals surface area contributed by atoms with Gasteiger partial charge in [-0.2, -0.15) is 0 Å². The minimum atomic E-state index is 0.438. The second kappa shape index (κ2) is 12.4. The van der Waals surface area contributed by atoms with Crippen molar-refractivity contribution in [1.29, 1.82) is 0 Å². The van der Waals surface area contributed by atoms with Gasteiger partial charge in [0.25, 0.3) is 0 Å². The summed E-state index contributed by atoms with van der Waals surface area (Å²) in [5.41, 5.74) is 3.45. The minimum absolute atomic E-state index is 0.438. The van der Waals surface area contributed by atoms with Gasteiger partial charge in [-0.1, -0.05) is 35.9 Å². The molecule has 0 saturated carbocycles. The van der Waals surface area contributed by atoms with Gasteiger partial charge in [-0.15, -0.1) is 0 Å². The first kappa shape index (κ1) is 21.6. The quantitative estimate of drug-likeness (QED) is 0.728. The molecule has 158 valence electrons. The molecule has 3 rings (SSSR count). The summed E-state index contributed by atoms with van der Waals surface area (Å²) in [5.74, 6) is 1.40. The first-order valence-corrected chi connectivity index (χ1v) is 10.1. The van der Waals surface area contributed by atoms with Crippen molar-refractivity contribution >= 4 is 0 Å². The van der Waals surface area contributed by atoms with Crippen molar-refractivity contribution in [3.8, 4) is 22.6 Å². The van der Waals surface area contributed by atoms with E-state index in [1.165, 1.54) is 5.56 Å². The van der Waals surface area contributed by atoms with Crippen molar-refractivity contribution in [2.45, 2.75) is 6.92 Å². The third-order valence-electron chi connectivity index (χ3n) is 4.42. The van der Waals surface area contributed by atoms with Crippen LogP contribution in [0.25, 0.3) is 11.1 Å². The summed E-state index contributed by atoms with van der Waals surface area (Å²) >= 11 is 0. The number of rotatable bonds is 1. The van der Waals surface area contributed by atoms with Gasteiger partial charge in [-0.25, -0.2) is 0 Å². The standard InChI is InChI=1S/C23H30O6/c1-19-2-4-20(5-3-19)21-6-7-22-23(18-21)29-17-15-27-13-11-25-9-8-24-10-12-26-14-16-28-22/h2-7,18H,8-17H2,1H3. The highest BCUT2D eigenvalue weighted by Crippen LogP contribution is 2.33. The van der Waals surface area contributed by atoms with Gasteiger partial charge in [0.05, 0.1) is 52.9 Å². The fraction of sp³-hybridized carbons (Fsp3) is 0.478. The summed E-state index contributed by atoms with van der Waals surface area (Å²) in [6, 6.07) is 14.4. The molecule has 2 aromatic rings. The Balaban J connectivity index is 1.65.